The molecule has 0 aliphatic rings. The molecule has 0 fully saturated rings. The lowest BCUT2D eigenvalue weighted by Crippen LogP contribution is -2.80. The minimum Gasteiger partial charge on any atom is -0.493 e. The van der Waals surface area contributed by atoms with E-state index in [1.54, 1.807) is 21.3 Å². The maximum Gasteiger partial charge on any atom is 0.203 e. The second-order valence-corrected chi connectivity index (χ2v) is 5.77. The first-order chi connectivity index (χ1) is 10.7. The normalized spacial score (nSPS) is 10.4. The van der Waals surface area contributed by atoms with Gasteiger partial charge in [-0.25, -0.2) is 0 Å². The Morgan fingerprint density at radius 3 is 1.86 bits per heavy atom. The molecule has 0 unspecified atom stereocenters. The van der Waals surface area contributed by atoms with Crippen LogP contribution in [0.15, 0.2) is 40.9 Å². The van der Waals surface area contributed by atoms with Crippen molar-refractivity contribution >= 4 is 15.9 Å². The van der Waals surface area contributed by atoms with Crippen LogP contribution in [0.3, 0.4) is 0 Å². The first kappa shape index (κ1) is 16.6. The quantitative estimate of drug-likeness (QED) is 0.819. The van der Waals surface area contributed by atoms with Crippen LogP contribution < -0.4 is 19.5 Å². The summed E-state index contributed by atoms with van der Waals surface area (Å²) in [7, 11) is 4.87. The molecule has 0 amide bonds. The van der Waals surface area contributed by atoms with Gasteiger partial charge in [0.1, 0.15) is 13.1 Å². The van der Waals surface area contributed by atoms with Crippen molar-refractivity contribution in [3.63, 3.8) is 0 Å². The third kappa shape index (κ3) is 4.15. The standard InChI is InChI=1S/C17H20BrNO3/c1-20-15-8-13(9-16(21-2)17(15)22-3)11-19-10-12-4-6-14(18)7-5-12/h4-9,19H,10-11H2,1-3H3/p+1. The van der Waals surface area contributed by atoms with Gasteiger partial charge in [-0.1, -0.05) is 28.1 Å². The summed E-state index contributed by atoms with van der Waals surface area (Å²) in [6.07, 6.45) is 0. The summed E-state index contributed by atoms with van der Waals surface area (Å²) in [6, 6.07) is 12.3. The highest BCUT2D eigenvalue weighted by Crippen LogP contribution is 2.37. The zero-order valence-electron chi connectivity index (χ0n) is 13.1. The Morgan fingerprint density at radius 1 is 0.818 bits per heavy atom. The molecular formula is C17H21BrNO3+. The lowest BCUT2D eigenvalue weighted by Gasteiger charge is -2.13. The van der Waals surface area contributed by atoms with Gasteiger partial charge in [0.25, 0.3) is 0 Å². The van der Waals surface area contributed by atoms with Crippen molar-refractivity contribution in [1.29, 1.82) is 0 Å². The number of rotatable bonds is 7. The lowest BCUT2D eigenvalue weighted by molar-refractivity contribution is -0.686. The van der Waals surface area contributed by atoms with Crippen molar-refractivity contribution in [3.05, 3.63) is 52.0 Å². The van der Waals surface area contributed by atoms with Gasteiger partial charge in [0.2, 0.25) is 5.75 Å². The summed E-state index contributed by atoms with van der Waals surface area (Å²) >= 11 is 3.45. The Morgan fingerprint density at radius 2 is 1.36 bits per heavy atom. The van der Waals surface area contributed by atoms with Gasteiger partial charge >= 0.3 is 0 Å². The largest absolute Gasteiger partial charge is 0.493 e. The van der Waals surface area contributed by atoms with Crippen molar-refractivity contribution < 1.29 is 19.5 Å². The van der Waals surface area contributed by atoms with Crippen molar-refractivity contribution in [2.75, 3.05) is 21.3 Å². The molecular weight excluding hydrogens is 346 g/mol. The first-order valence-electron chi connectivity index (χ1n) is 7.03. The third-order valence-corrected chi connectivity index (χ3v) is 3.93. The minimum absolute atomic E-state index is 0.627. The Hall–Kier alpha value is -1.72. The van der Waals surface area contributed by atoms with Crippen LogP contribution in [0.4, 0.5) is 0 Å². The summed E-state index contributed by atoms with van der Waals surface area (Å²) < 4.78 is 17.2. The van der Waals surface area contributed by atoms with Gasteiger partial charge in [0, 0.05) is 15.6 Å². The van der Waals surface area contributed by atoms with Gasteiger partial charge in [-0.05, 0) is 24.3 Å². The number of ether oxygens (including phenoxy) is 3. The highest BCUT2D eigenvalue weighted by Gasteiger charge is 2.13. The van der Waals surface area contributed by atoms with Crippen LogP contribution in [0.25, 0.3) is 0 Å². The number of halogens is 1. The molecule has 22 heavy (non-hydrogen) atoms. The maximum atomic E-state index is 5.37. The maximum absolute atomic E-state index is 5.37. The van der Waals surface area contributed by atoms with E-state index in [-0.39, 0.29) is 0 Å². The molecule has 2 rings (SSSR count). The number of benzene rings is 2. The van der Waals surface area contributed by atoms with Crippen molar-refractivity contribution in [3.8, 4) is 17.2 Å². The SMILES string of the molecule is COc1cc(C[NH2+]Cc2ccc(Br)cc2)cc(OC)c1OC. The predicted molar refractivity (Wildman–Crippen MR) is 89.6 cm³/mol. The molecule has 0 aromatic heterocycles. The van der Waals surface area contributed by atoms with Gasteiger partial charge in [0.15, 0.2) is 11.5 Å². The van der Waals surface area contributed by atoms with E-state index < -0.39 is 0 Å². The van der Waals surface area contributed by atoms with Gasteiger partial charge < -0.3 is 19.5 Å². The Kier molecular flexibility index (Phi) is 6.10. The topological polar surface area (TPSA) is 44.3 Å². The molecule has 0 radical (unpaired) electrons. The molecule has 2 N–H and O–H groups in total. The molecule has 2 aromatic rings. The van der Waals surface area contributed by atoms with Crippen molar-refractivity contribution in [1.82, 2.24) is 0 Å². The highest BCUT2D eigenvalue weighted by molar-refractivity contribution is 9.10. The number of hydrogen-bond acceptors (Lipinski definition) is 3. The van der Waals surface area contributed by atoms with Crippen LogP contribution in [0, 0.1) is 0 Å². The third-order valence-electron chi connectivity index (χ3n) is 3.40. The Balaban J connectivity index is 2.04. The second-order valence-electron chi connectivity index (χ2n) is 4.86. The first-order valence-corrected chi connectivity index (χ1v) is 7.82. The van der Waals surface area contributed by atoms with Crippen LogP contribution in [0.2, 0.25) is 0 Å². The van der Waals surface area contributed by atoms with Crippen molar-refractivity contribution in [2.45, 2.75) is 13.1 Å². The predicted octanol–water partition coefficient (Wildman–Crippen LogP) is 2.74. The Bertz CT molecular complexity index is 589. The number of hydrogen-bond donors (Lipinski definition) is 1. The number of nitrogens with two attached hydrogens (primary N) is 1. The zero-order valence-corrected chi connectivity index (χ0v) is 14.6. The van der Waals surface area contributed by atoms with E-state index in [9.17, 15) is 0 Å². The van der Waals surface area contributed by atoms with Crippen LogP contribution >= 0.6 is 15.9 Å². The summed E-state index contributed by atoms with van der Waals surface area (Å²) in [5.74, 6) is 2.00. The van der Waals surface area contributed by atoms with E-state index >= 15 is 0 Å². The molecule has 4 nitrogen and oxygen atoms in total. The fourth-order valence-corrected chi connectivity index (χ4v) is 2.54. The summed E-state index contributed by atoms with van der Waals surface area (Å²) in [5.41, 5.74) is 2.42. The summed E-state index contributed by atoms with van der Waals surface area (Å²) in [4.78, 5) is 0. The summed E-state index contributed by atoms with van der Waals surface area (Å²) in [5, 5.41) is 2.24. The van der Waals surface area contributed by atoms with E-state index in [2.05, 4.69) is 45.5 Å². The fraction of sp³-hybridized carbons (Fsp3) is 0.294. The Labute approximate surface area is 139 Å². The average Bonchev–Trinajstić information content (AvgIpc) is 2.55. The second kappa shape index (κ2) is 8.06. The molecule has 0 saturated heterocycles. The van der Waals surface area contributed by atoms with Crippen LogP contribution in [0.5, 0.6) is 17.2 Å². The summed E-state index contributed by atoms with van der Waals surface area (Å²) in [6.45, 7) is 1.76. The molecule has 0 bridgehead atoms. The monoisotopic (exact) mass is 366 g/mol. The van der Waals surface area contributed by atoms with Gasteiger partial charge in [-0.2, -0.15) is 0 Å². The van der Waals surface area contributed by atoms with E-state index in [0.29, 0.717) is 17.2 Å². The van der Waals surface area contributed by atoms with Crippen LogP contribution in [0.1, 0.15) is 11.1 Å². The van der Waals surface area contributed by atoms with Crippen LogP contribution in [-0.2, 0) is 13.1 Å². The molecule has 0 heterocycles. The van der Waals surface area contributed by atoms with E-state index in [1.165, 1.54) is 5.56 Å². The van der Waals surface area contributed by atoms with E-state index in [4.69, 9.17) is 14.2 Å². The van der Waals surface area contributed by atoms with Gasteiger partial charge in [-0.15, -0.1) is 0 Å². The lowest BCUT2D eigenvalue weighted by atomic mass is 10.1. The number of methoxy groups -OCH3 is 3. The zero-order chi connectivity index (χ0) is 15.9. The minimum atomic E-state index is 0.627. The highest BCUT2D eigenvalue weighted by atomic mass is 79.9. The molecule has 0 aliphatic carbocycles. The molecule has 5 heteroatoms. The molecule has 0 spiro atoms. The van der Waals surface area contributed by atoms with Gasteiger partial charge in [-0.3, -0.25) is 0 Å². The molecule has 0 aliphatic heterocycles. The molecule has 0 saturated carbocycles. The molecule has 2 aromatic carbocycles. The van der Waals surface area contributed by atoms with Crippen molar-refractivity contribution in [2.24, 2.45) is 0 Å². The smallest absolute Gasteiger partial charge is 0.203 e. The number of quaternary nitrogens is 1. The molecule has 118 valence electrons. The van der Waals surface area contributed by atoms with Gasteiger partial charge in [0.05, 0.1) is 21.3 Å². The van der Waals surface area contributed by atoms with E-state index in [0.717, 1.165) is 23.1 Å². The fourth-order valence-electron chi connectivity index (χ4n) is 2.28. The average molecular weight is 367 g/mol. The van der Waals surface area contributed by atoms with E-state index in [1.807, 2.05) is 12.1 Å². The molecule has 0 atom stereocenters. The van der Waals surface area contributed by atoms with Crippen LogP contribution in [-0.4, -0.2) is 21.3 Å².